The first-order chi connectivity index (χ1) is 4.00. The maximum atomic E-state index is 8.63. The fourth-order valence-corrected chi connectivity index (χ4v) is 0. The normalized spacial score (nSPS) is 9.67. The van der Waals surface area contributed by atoms with Crippen molar-refractivity contribution >= 4 is 17.4 Å². The third-order valence-electron chi connectivity index (χ3n) is 0. The van der Waals surface area contributed by atoms with Crippen molar-refractivity contribution < 1.29 is 62.1 Å². The maximum absolute atomic E-state index is 8.63. The molecule has 0 aliphatic carbocycles. The summed E-state index contributed by atoms with van der Waals surface area (Å²) in [7, 11) is 0. The summed E-state index contributed by atoms with van der Waals surface area (Å²) < 4.78 is 69.0. The minimum absolute atomic E-state index is 0. The average Bonchev–Trinajstić information content (AvgIpc) is 1.12. The molecule has 0 unspecified atom stereocenters. The van der Waals surface area contributed by atoms with E-state index < -0.39 is 33.5 Å². The van der Waals surface area contributed by atoms with Crippen molar-refractivity contribution in [3.63, 3.8) is 0 Å². The van der Waals surface area contributed by atoms with Crippen LogP contribution in [0, 0.1) is 0 Å². The summed E-state index contributed by atoms with van der Waals surface area (Å²) in [5, 5.41) is 0. The standard InChI is InChI=1S/Al.2Mo.H3N.8O/h;;;1H3;;;;;;;;/q+3;;;;;;;;4*-1/p+1. The third kappa shape index (κ3) is 1300. The molecule has 12 heteroatoms. The molecule has 0 heterocycles. The van der Waals surface area contributed by atoms with Crippen LogP contribution in [0.15, 0.2) is 0 Å². The van der Waals surface area contributed by atoms with Gasteiger partial charge in [-0.05, 0) is 0 Å². The van der Waals surface area contributed by atoms with Gasteiger partial charge in [0, 0.05) is 0 Å². The van der Waals surface area contributed by atoms with E-state index in [-0.39, 0.29) is 23.5 Å². The Morgan fingerprint density at radius 1 is 0.667 bits per heavy atom. The van der Waals surface area contributed by atoms with Gasteiger partial charge in [0.1, 0.15) is 0 Å². The Kier molecular flexibility index (Phi) is 16.3. The van der Waals surface area contributed by atoms with Crippen LogP contribution >= 0.6 is 0 Å². The number of quaternary nitrogens is 1. The van der Waals surface area contributed by atoms with E-state index >= 15 is 0 Å². The molecule has 0 aliphatic heterocycles. The Bertz CT molecular complexity index is 213. The fraction of sp³-hybridized carbons (Fsp3) is 0. The van der Waals surface area contributed by atoms with Crippen LogP contribution in [-0.4, -0.2) is 17.4 Å². The third-order valence-corrected chi connectivity index (χ3v) is 0. The monoisotopic (exact) mass is 369 g/mol. The predicted molar refractivity (Wildman–Crippen MR) is 14.5 cm³/mol. The van der Waals surface area contributed by atoms with Crippen LogP contribution in [0.4, 0.5) is 0 Å². The molecule has 0 aromatic carbocycles. The Morgan fingerprint density at radius 2 is 0.667 bits per heavy atom. The van der Waals surface area contributed by atoms with Gasteiger partial charge >= 0.3 is 79.5 Å². The van der Waals surface area contributed by atoms with Crippen LogP contribution in [-0.2, 0) is 47.1 Å². The van der Waals surface area contributed by atoms with E-state index in [9.17, 15) is 0 Å². The molecule has 72 valence electrons. The van der Waals surface area contributed by atoms with Gasteiger partial charge < -0.3 is 6.15 Å². The van der Waals surface area contributed by atoms with E-state index in [1.54, 1.807) is 0 Å². The van der Waals surface area contributed by atoms with Crippen molar-refractivity contribution in [2.75, 3.05) is 0 Å². The van der Waals surface area contributed by atoms with Gasteiger partial charge in [0.2, 0.25) is 0 Å². The Labute approximate surface area is 85.2 Å². The second-order valence-electron chi connectivity index (χ2n) is 0.816. The summed E-state index contributed by atoms with van der Waals surface area (Å²) in [4.78, 5) is 0. The molecule has 0 rings (SSSR count). The first kappa shape index (κ1) is 23.1. The summed E-state index contributed by atoms with van der Waals surface area (Å²) in [6, 6.07) is 0. The Hall–Kier alpha value is 0.909. The van der Waals surface area contributed by atoms with Gasteiger partial charge in [-0.2, -0.15) is 0 Å². The van der Waals surface area contributed by atoms with Crippen LogP contribution in [0.25, 0.3) is 0 Å². The van der Waals surface area contributed by atoms with Crippen molar-refractivity contribution in [3.8, 4) is 0 Å². The van der Waals surface area contributed by atoms with Crippen LogP contribution in [0.5, 0.6) is 0 Å². The number of rotatable bonds is 0. The molecule has 0 amide bonds. The van der Waals surface area contributed by atoms with Gasteiger partial charge in [0.05, 0.1) is 0 Å². The second kappa shape index (κ2) is 8.50. The van der Waals surface area contributed by atoms with Gasteiger partial charge in [-0.15, -0.1) is 0 Å². The zero-order chi connectivity index (χ0) is 9.00. The summed E-state index contributed by atoms with van der Waals surface area (Å²) in [5.74, 6) is 0. The minimum atomic E-state index is -6.02. The Balaban J connectivity index is -0.0000000457. The molecule has 9 nitrogen and oxygen atoms in total. The topological polar surface area (TPSA) is 197 Å². The van der Waals surface area contributed by atoms with Crippen LogP contribution in [0.2, 0.25) is 0 Å². The molecule has 0 aromatic heterocycles. The van der Waals surface area contributed by atoms with Crippen molar-refractivity contribution in [3.05, 3.63) is 0 Å². The van der Waals surface area contributed by atoms with E-state index in [1.165, 1.54) is 0 Å². The molecular weight excluding hydrogens is 361 g/mol. The molecule has 0 fully saturated rings. The van der Waals surface area contributed by atoms with E-state index in [0.717, 1.165) is 0 Å². The molecule has 0 saturated carbocycles. The van der Waals surface area contributed by atoms with E-state index in [0.29, 0.717) is 0 Å². The molecule has 0 aliphatic rings. The van der Waals surface area contributed by atoms with E-state index in [1.807, 2.05) is 0 Å². The van der Waals surface area contributed by atoms with Gasteiger partial charge in [-0.3, -0.25) is 0 Å². The molecule has 0 saturated heterocycles. The molecule has 0 aromatic rings. The van der Waals surface area contributed by atoms with Crippen molar-refractivity contribution in [2.24, 2.45) is 0 Å². The molecular formula is H4AlMo2NO8. The second-order valence-corrected chi connectivity index (χ2v) is 4.83. The van der Waals surface area contributed by atoms with Gasteiger partial charge in [0.15, 0.2) is 0 Å². The van der Waals surface area contributed by atoms with Crippen molar-refractivity contribution in [2.45, 2.75) is 0 Å². The first-order valence-electron chi connectivity index (χ1n) is 1.33. The summed E-state index contributed by atoms with van der Waals surface area (Å²) >= 11 is -12.0. The molecule has 12 heavy (non-hydrogen) atoms. The molecule has 0 atom stereocenters. The average molecular weight is 365 g/mol. The van der Waals surface area contributed by atoms with Gasteiger partial charge in [0.25, 0.3) is 0 Å². The predicted octanol–water partition coefficient (Wildman–Crippen LogP) is -5.24. The zero-order valence-electron chi connectivity index (χ0n) is 5.66. The van der Waals surface area contributed by atoms with Gasteiger partial charge in [-0.25, -0.2) is 0 Å². The van der Waals surface area contributed by atoms with E-state index in [2.05, 4.69) is 0 Å². The quantitative estimate of drug-likeness (QED) is 0.411. The van der Waals surface area contributed by atoms with Crippen molar-refractivity contribution in [1.82, 2.24) is 6.15 Å². The zero-order valence-corrected chi connectivity index (χ0v) is 10.8. The van der Waals surface area contributed by atoms with E-state index in [4.69, 9.17) is 28.6 Å². The summed E-state index contributed by atoms with van der Waals surface area (Å²) in [6.07, 6.45) is 0. The van der Waals surface area contributed by atoms with Crippen LogP contribution in [0.3, 0.4) is 0 Å². The van der Waals surface area contributed by atoms with Gasteiger partial charge in [-0.1, -0.05) is 0 Å². The van der Waals surface area contributed by atoms with Crippen molar-refractivity contribution in [1.29, 1.82) is 0 Å². The van der Waals surface area contributed by atoms with Crippen LogP contribution in [0.1, 0.15) is 0 Å². The molecule has 4 N–H and O–H groups in total. The molecule has 0 bridgehead atoms. The SMILES string of the molecule is [Al+3].[NH4+].[O]=[Mo](=[O])([O-])[O-].[O]=[Mo](=[O])([O-])[O-]. The molecule has 0 radical (unpaired) electrons. The van der Waals surface area contributed by atoms with Crippen LogP contribution < -0.4 is 21.2 Å². The molecule has 0 spiro atoms. The number of hydrogen-bond acceptors (Lipinski definition) is 8. The summed E-state index contributed by atoms with van der Waals surface area (Å²) in [6.45, 7) is 0. The Morgan fingerprint density at radius 3 is 0.667 bits per heavy atom. The fourth-order valence-electron chi connectivity index (χ4n) is 0. The first-order valence-corrected chi connectivity index (χ1v) is 7.89. The summed E-state index contributed by atoms with van der Waals surface area (Å²) in [5.41, 5.74) is 0. The number of hydrogen-bond donors (Lipinski definition) is 1.